The first-order chi connectivity index (χ1) is 14.7. The molecule has 0 spiro atoms. The van der Waals surface area contributed by atoms with Gasteiger partial charge in [0.05, 0.1) is 0 Å². The van der Waals surface area contributed by atoms with Gasteiger partial charge in [-0.3, -0.25) is 0 Å². The van der Waals surface area contributed by atoms with Crippen LogP contribution in [0.4, 0.5) is 0 Å². The summed E-state index contributed by atoms with van der Waals surface area (Å²) in [5.74, 6) is 0.0850. The van der Waals surface area contributed by atoms with Crippen molar-refractivity contribution in [1.29, 1.82) is 0 Å². The topological polar surface area (TPSA) is 52.6 Å². The van der Waals surface area contributed by atoms with Crippen molar-refractivity contribution in [3.8, 4) is 11.5 Å². The summed E-state index contributed by atoms with van der Waals surface area (Å²) < 4.78 is 10.9. The van der Waals surface area contributed by atoms with E-state index in [1.807, 2.05) is 62.4 Å². The number of hydrogen-bond acceptors (Lipinski definition) is 4. The van der Waals surface area contributed by atoms with E-state index in [0.29, 0.717) is 29.1 Å². The van der Waals surface area contributed by atoms with Gasteiger partial charge in [0.1, 0.15) is 11.5 Å². The second kappa shape index (κ2) is 10.9. The third kappa shape index (κ3) is 6.68. The minimum atomic E-state index is -0.450. The number of ether oxygens (including phenoxy) is 2. The lowest BCUT2D eigenvalue weighted by Gasteiger charge is -2.12. The molecule has 0 N–H and O–H groups in total. The molecule has 2 aromatic carbocycles. The van der Waals surface area contributed by atoms with Gasteiger partial charge in [-0.15, -0.1) is 0 Å². The highest BCUT2D eigenvalue weighted by Gasteiger charge is 2.12. The highest BCUT2D eigenvalue weighted by atomic mass is 16.5. The molecule has 0 aliphatic heterocycles. The number of carbonyl (C=O) groups excluding carboxylic acids is 2. The fraction of sp³-hybridized carbons (Fsp3) is 0.185. The van der Waals surface area contributed by atoms with E-state index < -0.39 is 11.9 Å². The second-order valence-electron chi connectivity index (χ2n) is 7.26. The maximum absolute atomic E-state index is 11.9. The Hall–Kier alpha value is -3.66. The van der Waals surface area contributed by atoms with Crippen LogP contribution in [0.2, 0.25) is 0 Å². The fourth-order valence-corrected chi connectivity index (χ4v) is 2.83. The number of allylic oxidation sites excluding steroid dienone is 2. The average molecular weight is 417 g/mol. The van der Waals surface area contributed by atoms with Crippen LogP contribution in [-0.2, 0) is 16.0 Å². The zero-order valence-corrected chi connectivity index (χ0v) is 18.5. The van der Waals surface area contributed by atoms with Gasteiger partial charge in [0.25, 0.3) is 0 Å². The lowest BCUT2D eigenvalue weighted by molar-refractivity contribution is -0.130. The minimum absolute atomic E-state index is 0.347. The Morgan fingerprint density at radius 3 is 1.48 bits per heavy atom. The molecule has 0 fully saturated rings. The van der Waals surface area contributed by atoms with Gasteiger partial charge >= 0.3 is 11.9 Å². The van der Waals surface area contributed by atoms with Gasteiger partial charge in [0, 0.05) is 22.3 Å². The van der Waals surface area contributed by atoms with E-state index in [9.17, 15) is 9.59 Å². The Balaban J connectivity index is 2.32. The Kier molecular flexibility index (Phi) is 8.33. The molecule has 0 saturated heterocycles. The van der Waals surface area contributed by atoms with Crippen molar-refractivity contribution in [2.24, 2.45) is 0 Å². The van der Waals surface area contributed by atoms with Gasteiger partial charge in [-0.2, -0.15) is 0 Å². The van der Waals surface area contributed by atoms with Gasteiger partial charge in [-0.05, 0) is 69.5 Å². The van der Waals surface area contributed by atoms with Crippen molar-refractivity contribution in [2.45, 2.75) is 34.1 Å². The molecule has 0 unspecified atom stereocenters. The third-order valence-corrected chi connectivity index (χ3v) is 4.35. The SMILES string of the molecule is C=C(C)C(=O)Oc1ccc(Cc2ccc(OC(=O)C(=C)C)c(C=CC)c2)cc1C=CC. The molecule has 0 bridgehead atoms. The van der Waals surface area contributed by atoms with Crippen molar-refractivity contribution in [3.63, 3.8) is 0 Å². The number of esters is 2. The Morgan fingerprint density at radius 2 is 1.16 bits per heavy atom. The summed E-state index contributed by atoms with van der Waals surface area (Å²) in [7, 11) is 0. The molecule has 0 radical (unpaired) electrons. The number of benzene rings is 2. The Bertz CT molecular complexity index is 985. The largest absolute Gasteiger partial charge is 0.423 e. The van der Waals surface area contributed by atoms with E-state index in [-0.39, 0.29) is 0 Å². The standard InChI is InChI=1S/C27H28O4/c1-7-9-22-16-20(11-13-24(22)30-26(28)18(3)4)15-21-12-14-25(23(17-21)10-8-2)31-27(29)19(5)6/h7-14,16-17H,3,5,15H2,1-2,4,6H3. The van der Waals surface area contributed by atoms with Gasteiger partial charge in [-0.1, -0.05) is 49.6 Å². The molecule has 0 atom stereocenters. The molecule has 0 amide bonds. The molecule has 31 heavy (non-hydrogen) atoms. The maximum Gasteiger partial charge on any atom is 0.338 e. The van der Waals surface area contributed by atoms with Crippen molar-refractivity contribution >= 4 is 24.1 Å². The fourth-order valence-electron chi connectivity index (χ4n) is 2.83. The normalized spacial score (nSPS) is 11.0. The average Bonchev–Trinajstić information content (AvgIpc) is 2.71. The zero-order valence-electron chi connectivity index (χ0n) is 18.5. The van der Waals surface area contributed by atoms with Crippen molar-refractivity contribution < 1.29 is 19.1 Å². The third-order valence-electron chi connectivity index (χ3n) is 4.35. The maximum atomic E-state index is 11.9. The molecule has 2 aromatic rings. The second-order valence-corrected chi connectivity index (χ2v) is 7.26. The zero-order chi connectivity index (χ0) is 23.0. The van der Waals surface area contributed by atoms with Gasteiger partial charge < -0.3 is 9.47 Å². The number of rotatable bonds is 8. The van der Waals surface area contributed by atoms with E-state index in [4.69, 9.17) is 9.47 Å². The van der Waals surface area contributed by atoms with E-state index in [2.05, 4.69) is 13.2 Å². The van der Waals surface area contributed by atoms with Crippen LogP contribution in [0.3, 0.4) is 0 Å². The molecule has 0 heterocycles. The molecule has 4 nitrogen and oxygen atoms in total. The van der Waals surface area contributed by atoms with E-state index in [1.165, 1.54) is 0 Å². The first-order valence-electron chi connectivity index (χ1n) is 10.0. The van der Waals surface area contributed by atoms with Crippen molar-refractivity contribution in [2.75, 3.05) is 0 Å². The molecule has 0 saturated carbocycles. The highest BCUT2D eigenvalue weighted by molar-refractivity contribution is 5.90. The summed E-state index contributed by atoms with van der Waals surface area (Å²) in [5, 5.41) is 0. The molecule has 0 aliphatic rings. The smallest absolute Gasteiger partial charge is 0.338 e. The van der Waals surface area contributed by atoms with Gasteiger partial charge in [0.15, 0.2) is 0 Å². The van der Waals surface area contributed by atoms with Crippen LogP contribution in [0.15, 0.2) is 72.9 Å². The molecule has 0 aromatic heterocycles. The predicted molar refractivity (Wildman–Crippen MR) is 126 cm³/mol. The molecular weight excluding hydrogens is 388 g/mol. The van der Waals surface area contributed by atoms with Crippen LogP contribution in [0.1, 0.15) is 49.9 Å². The van der Waals surface area contributed by atoms with Crippen LogP contribution < -0.4 is 9.47 Å². The Morgan fingerprint density at radius 1 is 0.774 bits per heavy atom. The summed E-state index contributed by atoms with van der Waals surface area (Å²) in [6, 6.07) is 11.4. The summed E-state index contributed by atoms with van der Waals surface area (Å²) in [6.07, 6.45) is 8.25. The Labute approximate surface area is 184 Å². The van der Waals surface area contributed by atoms with Gasteiger partial charge in [-0.25, -0.2) is 9.59 Å². The first kappa shape index (κ1) is 23.6. The lowest BCUT2D eigenvalue weighted by atomic mass is 9.99. The highest BCUT2D eigenvalue weighted by Crippen LogP contribution is 2.27. The quantitative estimate of drug-likeness (QED) is 0.288. The first-order valence-corrected chi connectivity index (χ1v) is 10.0. The van der Waals surface area contributed by atoms with Crippen LogP contribution >= 0.6 is 0 Å². The van der Waals surface area contributed by atoms with Gasteiger partial charge in [0.2, 0.25) is 0 Å². The van der Waals surface area contributed by atoms with Crippen LogP contribution in [0.25, 0.3) is 12.2 Å². The number of carbonyl (C=O) groups is 2. The molecule has 160 valence electrons. The molecule has 2 rings (SSSR count). The summed E-state index contributed by atoms with van der Waals surface area (Å²) in [5.41, 5.74) is 4.44. The molecular formula is C27H28O4. The van der Waals surface area contributed by atoms with E-state index in [1.54, 1.807) is 26.0 Å². The number of hydrogen-bond donors (Lipinski definition) is 0. The van der Waals surface area contributed by atoms with Crippen molar-refractivity contribution in [3.05, 3.63) is 95.1 Å². The lowest BCUT2D eigenvalue weighted by Crippen LogP contribution is -2.09. The molecule has 0 aliphatic carbocycles. The van der Waals surface area contributed by atoms with Crippen molar-refractivity contribution in [1.82, 2.24) is 0 Å². The van der Waals surface area contributed by atoms with E-state index >= 15 is 0 Å². The summed E-state index contributed by atoms with van der Waals surface area (Å²) in [4.78, 5) is 23.8. The minimum Gasteiger partial charge on any atom is -0.423 e. The predicted octanol–water partition coefficient (Wildman–Crippen LogP) is 6.31. The van der Waals surface area contributed by atoms with Crippen LogP contribution in [-0.4, -0.2) is 11.9 Å². The van der Waals surface area contributed by atoms with E-state index in [0.717, 1.165) is 22.3 Å². The molecule has 4 heteroatoms. The van der Waals surface area contributed by atoms with Crippen LogP contribution in [0.5, 0.6) is 11.5 Å². The summed E-state index contributed by atoms with van der Waals surface area (Å²) >= 11 is 0. The monoisotopic (exact) mass is 416 g/mol. The summed E-state index contributed by atoms with van der Waals surface area (Å²) in [6.45, 7) is 14.3. The van der Waals surface area contributed by atoms with Crippen LogP contribution in [0, 0.1) is 0 Å².